The Kier molecular flexibility index (Phi) is 19.5. The van der Waals surface area contributed by atoms with Gasteiger partial charge in [-0.25, -0.2) is 4.79 Å². The van der Waals surface area contributed by atoms with Gasteiger partial charge < -0.3 is 40.9 Å². The molecule has 53 heavy (non-hydrogen) atoms. The number of hydrogen-bond acceptors (Lipinski definition) is 10. The Morgan fingerprint density at radius 1 is 0.604 bits per heavy atom. The first-order valence-corrected chi connectivity index (χ1v) is 15.5. The van der Waals surface area contributed by atoms with Gasteiger partial charge in [0.2, 0.25) is 0 Å². The molecule has 15 heteroatoms. The Morgan fingerprint density at radius 2 is 0.962 bits per heavy atom. The van der Waals surface area contributed by atoms with E-state index in [0.29, 0.717) is 6.04 Å². The smallest absolute Gasteiger partial charge is 0.561 e. The number of phenols is 4. The van der Waals surface area contributed by atoms with Crippen LogP contribution in [-0.2, 0) is 17.1 Å². The molecule has 0 amide bonds. The number of aromatic nitrogens is 1. The second-order valence-corrected chi connectivity index (χ2v) is 10.8. The maximum atomic E-state index is 10.4. The summed E-state index contributed by atoms with van der Waals surface area (Å²) >= 11 is 0. The van der Waals surface area contributed by atoms with Crippen LogP contribution in [0.1, 0.15) is 65.9 Å². The second kappa shape index (κ2) is 23.1. The van der Waals surface area contributed by atoms with Gasteiger partial charge >= 0.3 is 40.9 Å². The zero-order valence-electron chi connectivity index (χ0n) is 28.4. The molecule has 2 heterocycles. The summed E-state index contributed by atoms with van der Waals surface area (Å²) in [6.45, 7) is 1.22. The number of aromatic hydroxyl groups is 4. The monoisotopic (exact) mass is 772 g/mol. The quantitative estimate of drug-likeness (QED) is 0.127. The topological polar surface area (TPSA) is 254 Å². The van der Waals surface area contributed by atoms with Crippen molar-refractivity contribution >= 4 is 23.9 Å². The number of phenolic OH excluding ortho intramolecular Hbond substituents is 3. The van der Waals surface area contributed by atoms with Crippen molar-refractivity contribution in [2.24, 2.45) is 0 Å². The number of carbonyl (C=O) groups is 4. The Bertz CT molecular complexity index is 1700. The first kappa shape index (κ1) is 44.6. The molecule has 5 aromatic rings. The summed E-state index contributed by atoms with van der Waals surface area (Å²) in [5.41, 5.74) is 1.42. The molecule has 11 N–H and O–H groups in total. The molecule has 1 atom stereocenters. The van der Waals surface area contributed by atoms with Gasteiger partial charge in [0.1, 0.15) is 28.6 Å². The number of para-hydroxylation sites is 4. The van der Waals surface area contributed by atoms with Gasteiger partial charge in [0.15, 0.2) is 16.7 Å². The molecule has 1 saturated heterocycles. The van der Waals surface area contributed by atoms with Crippen LogP contribution in [0.3, 0.4) is 0 Å². The van der Waals surface area contributed by atoms with Crippen molar-refractivity contribution in [3.05, 3.63) is 149 Å². The molecule has 4 aromatic carbocycles. The van der Waals surface area contributed by atoms with Crippen LogP contribution in [0, 0.1) is 0 Å². The van der Waals surface area contributed by atoms with Crippen LogP contribution < -0.4 is 0 Å². The molecule has 0 aliphatic carbocycles. The molecule has 277 valence electrons. The molecule has 14 nitrogen and oxygen atoms in total. The summed E-state index contributed by atoms with van der Waals surface area (Å²) in [6.07, 6.45) is 6.41. The molecule has 0 bridgehead atoms. The summed E-state index contributed by atoms with van der Waals surface area (Å²) in [6, 6.07) is 28.5. The summed E-state index contributed by atoms with van der Waals surface area (Å²) in [4.78, 5) is 47.9. The summed E-state index contributed by atoms with van der Waals surface area (Å²) < 4.78 is 0. The number of pyridine rings is 1. The maximum absolute atomic E-state index is 10.4. The Morgan fingerprint density at radius 3 is 1.19 bits per heavy atom. The van der Waals surface area contributed by atoms with E-state index in [1.807, 2.05) is 18.5 Å². The fourth-order valence-corrected chi connectivity index (χ4v) is 4.56. The summed E-state index contributed by atoms with van der Waals surface area (Å²) in [5.74, 6) is -4.31. The minimum absolute atomic E-state index is 0. The third kappa shape index (κ3) is 15.2. The van der Waals surface area contributed by atoms with E-state index in [2.05, 4.69) is 23.0 Å². The van der Waals surface area contributed by atoms with E-state index in [-0.39, 0.29) is 62.3 Å². The Balaban J connectivity index is 0.000000331. The van der Waals surface area contributed by atoms with Crippen LogP contribution in [0.2, 0.25) is 0 Å². The van der Waals surface area contributed by atoms with Crippen molar-refractivity contribution < 1.29 is 77.1 Å². The normalized spacial score (nSPS) is 12.5. The number of hydrogen-bond donors (Lipinski definition) is 5. The fourth-order valence-electron chi connectivity index (χ4n) is 4.56. The van der Waals surface area contributed by atoms with E-state index >= 15 is 0 Å². The SMILES string of the molecule is CN1CCCC1c1cccnc1.O=C(O)c1ccccc1O.O=C([OH2+])c1ccccc1O.O=C([OH2+])c1ccccc1O.O=C([OH2+])c1ccccc1O.[Mn+2]. The largest absolute Gasteiger partial charge is 2.00 e. The number of carboxylic acids is 1. The minimum Gasteiger partial charge on any atom is -0.561 e. The minimum atomic E-state index is -1.11. The van der Waals surface area contributed by atoms with E-state index in [4.69, 9.17) is 40.9 Å². The molecular weight excluding hydrogens is 731 g/mol. The van der Waals surface area contributed by atoms with E-state index in [1.54, 1.807) is 48.5 Å². The molecule has 0 spiro atoms. The Hall–Kier alpha value is -6.41. The predicted octanol–water partition coefficient (Wildman–Crippen LogP) is 3.71. The van der Waals surface area contributed by atoms with Gasteiger partial charge in [0, 0.05) is 32.8 Å². The van der Waals surface area contributed by atoms with E-state index in [9.17, 15) is 19.2 Å². The first-order valence-electron chi connectivity index (χ1n) is 15.5. The zero-order chi connectivity index (χ0) is 38.6. The average molecular weight is 773 g/mol. The summed E-state index contributed by atoms with van der Waals surface area (Å²) in [5, 5.41) is 64.1. The molecule has 1 unspecified atom stereocenters. The van der Waals surface area contributed by atoms with Crippen molar-refractivity contribution in [2.45, 2.75) is 18.9 Å². The third-order valence-corrected chi connectivity index (χ3v) is 7.17. The van der Waals surface area contributed by atoms with Crippen molar-refractivity contribution in [3.63, 3.8) is 0 Å². The number of rotatable bonds is 5. The van der Waals surface area contributed by atoms with E-state index < -0.39 is 23.9 Å². The van der Waals surface area contributed by atoms with E-state index in [1.165, 1.54) is 73.5 Å². The third-order valence-electron chi connectivity index (χ3n) is 7.17. The Labute approximate surface area is 315 Å². The molecule has 0 saturated carbocycles. The number of likely N-dealkylation sites (tertiary alicyclic amines) is 1. The summed E-state index contributed by atoms with van der Waals surface area (Å²) in [7, 11) is 2.19. The van der Waals surface area contributed by atoms with Crippen molar-refractivity contribution in [3.8, 4) is 23.0 Å². The van der Waals surface area contributed by atoms with Crippen molar-refractivity contribution in [1.29, 1.82) is 0 Å². The van der Waals surface area contributed by atoms with Gasteiger partial charge in [-0.1, -0.05) is 54.6 Å². The number of carboxylic acid groups (broad SMARTS) is 1. The van der Waals surface area contributed by atoms with Gasteiger partial charge in [0.25, 0.3) is 0 Å². The number of benzene rings is 4. The second-order valence-electron chi connectivity index (χ2n) is 10.8. The first-order chi connectivity index (χ1) is 24.7. The number of aromatic carboxylic acids is 1. The van der Waals surface area contributed by atoms with Crippen molar-refractivity contribution in [1.82, 2.24) is 9.88 Å². The molecule has 1 fully saturated rings. The van der Waals surface area contributed by atoms with Gasteiger partial charge in [-0.15, -0.1) is 0 Å². The van der Waals surface area contributed by atoms with E-state index in [0.717, 1.165) is 0 Å². The molecule has 1 aliphatic rings. The standard InChI is InChI=1S/C10H14N2.4C7H6O3.Mn/c1-12-7-3-5-10(12)9-4-2-6-11-8-9;4*8-6-4-2-1-3-5(6)7(9)10;/h2,4,6,8,10H,3,5,7H2,1H3;4*1-4,8H,(H,9,10);/q;;;;;+2/p+3. The molecule has 6 rings (SSSR count). The predicted molar refractivity (Wildman–Crippen MR) is 192 cm³/mol. The number of nitrogens with zero attached hydrogens (tertiary/aromatic N) is 2. The fraction of sp³-hybridized carbons (Fsp3) is 0.132. The van der Waals surface area contributed by atoms with Gasteiger partial charge in [-0.3, -0.25) is 9.88 Å². The molecule has 1 radical (unpaired) electrons. The van der Waals surface area contributed by atoms with Crippen LogP contribution in [0.4, 0.5) is 0 Å². The zero-order valence-corrected chi connectivity index (χ0v) is 29.6. The maximum Gasteiger partial charge on any atom is 2.00 e. The molecule has 1 aliphatic heterocycles. The van der Waals surface area contributed by atoms with Gasteiger partial charge in [-0.2, -0.15) is 0 Å². The van der Waals surface area contributed by atoms with Crippen LogP contribution >= 0.6 is 0 Å². The molecular formula is C38H41MnN2O12+5. The average Bonchev–Trinajstić information content (AvgIpc) is 3.56. The molecule has 1 aromatic heterocycles. The van der Waals surface area contributed by atoms with Gasteiger partial charge in [0.05, 0.1) is 0 Å². The number of carbonyl (C=O) groups excluding carboxylic acids is 3. The van der Waals surface area contributed by atoms with Crippen LogP contribution in [0.25, 0.3) is 0 Å². The van der Waals surface area contributed by atoms with Crippen LogP contribution in [-0.4, -0.2) is 88.2 Å². The van der Waals surface area contributed by atoms with Crippen LogP contribution in [0.5, 0.6) is 23.0 Å². The van der Waals surface area contributed by atoms with Crippen molar-refractivity contribution in [2.75, 3.05) is 13.6 Å². The van der Waals surface area contributed by atoms with Gasteiger partial charge in [-0.05, 0) is 86.6 Å². The van der Waals surface area contributed by atoms with Crippen LogP contribution in [0.15, 0.2) is 122 Å².